The minimum absolute atomic E-state index is 0.0730. The van der Waals surface area contributed by atoms with E-state index in [1.807, 2.05) is 0 Å². The van der Waals surface area contributed by atoms with Crippen LogP contribution < -0.4 is 5.32 Å². The quantitative estimate of drug-likeness (QED) is 0.828. The number of hydrogen-bond donors (Lipinski definition) is 2. The van der Waals surface area contributed by atoms with Crippen LogP contribution >= 0.6 is 23.2 Å². The molecule has 0 aliphatic rings. The molecule has 1 rings (SSSR count). The summed E-state index contributed by atoms with van der Waals surface area (Å²) >= 11 is 11.3. The van der Waals surface area contributed by atoms with Crippen molar-refractivity contribution < 1.29 is 14.7 Å². The van der Waals surface area contributed by atoms with Crippen LogP contribution in [-0.4, -0.2) is 27.5 Å². The van der Waals surface area contributed by atoms with Crippen molar-refractivity contribution in [1.82, 2.24) is 10.3 Å². The molecule has 0 aliphatic carbocycles. The zero-order chi connectivity index (χ0) is 13.2. The summed E-state index contributed by atoms with van der Waals surface area (Å²) in [6.45, 7) is 2.73. The van der Waals surface area contributed by atoms with Gasteiger partial charge in [0.05, 0.1) is 5.56 Å². The molecule has 1 heterocycles. The summed E-state index contributed by atoms with van der Waals surface area (Å²) in [6, 6.07) is 2.78. The van der Waals surface area contributed by atoms with E-state index in [2.05, 4.69) is 10.3 Å². The second kappa shape index (κ2) is 4.89. The molecule has 0 saturated carbocycles. The van der Waals surface area contributed by atoms with Crippen LogP contribution in [0.5, 0.6) is 0 Å². The molecule has 92 valence electrons. The van der Waals surface area contributed by atoms with E-state index in [1.54, 1.807) is 0 Å². The largest absolute Gasteiger partial charge is 0.480 e. The van der Waals surface area contributed by atoms with Crippen molar-refractivity contribution in [3.8, 4) is 0 Å². The highest BCUT2D eigenvalue weighted by atomic mass is 35.5. The van der Waals surface area contributed by atoms with Gasteiger partial charge in [-0.25, -0.2) is 9.78 Å². The Morgan fingerprint density at radius 2 is 1.94 bits per heavy atom. The number of halogens is 2. The molecule has 7 heteroatoms. The lowest BCUT2D eigenvalue weighted by Crippen LogP contribution is -2.49. The molecule has 0 atom stereocenters. The predicted octanol–water partition coefficient (Wildman–Crippen LogP) is 1.98. The van der Waals surface area contributed by atoms with Crippen molar-refractivity contribution in [2.45, 2.75) is 19.4 Å². The molecule has 0 spiro atoms. The van der Waals surface area contributed by atoms with Gasteiger partial charge < -0.3 is 10.4 Å². The number of rotatable bonds is 3. The number of nitrogens with one attached hydrogen (secondary N) is 1. The van der Waals surface area contributed by atoms with E-state index in [-0.39, 0.29) is 15.9 Å². The summed E-state index contributed by atoms with van der Waals surface area (Å²) in [6.07, 6.45) is 0. The highest BCUT2D eigenvalue weighted by molar-refractivity contribution is 6.34. The Morgan fingerprint density at radius 1 is 1.35 bits per heavy atom. The fourth-order valence-corrected chi connectivity index (χ4v) is 1.42. The molecular weight excluding hydrogens is 267 g/mol. The highest BCUT2D eigenvalue weighted by Crippen LogP contribution is 2.17. The van der Waals surface area contributed by atoms with Crippen molar-refractivity contribution in [3.05, 3.63) is 28.0 Å². The molecule has 0 aromatic carbocycles. The van der Waals surface area contributed by atoms with Gasteiger partial charge in [0.1, 0.15) is 15.8 Å². The third-order valence-electron chi connectivity index (χ3n) is 2.02. The van der Waals surface area contributed by atoms with Crippen molar-refractivity contribution in [2.24, 2.45) is 0 Å². The third-order valence-corrected chi connectivity index (χ3v) is 2.52. The molecule has 0 bridgehead atoms. The number of hydrogen-bond acceptors (Lipinski definition) is 3. The first-order valence-corrected chi connectivity index (χ1v) is 5.37. The van der Waals surface area contributed by atoms with Crippen LogP contribution in [0.3, 0.4) is 0 Å². The number of carboxylic acid groups (broad SMARTS) is 1. The molecule has 0 saturated heterocycles. The number of aliphatic carboxylic acids is 1. The summed E-state index contributed by atoms with van der Waals surface area (Å²) in [7, 11) is 0. The van der Waals surface area contributed by atoms with Crippen molar-refractivity contribution in [2.75, 3.05) is 0 Å². The lowest BCUT2D eigenvalue weighted by molar-refractivity contribution is -0.143. The van der Waals surface area contributed by atoms with Crippen LogP contribution in [0, 0.1) is 0 Å². The minimum Gasteiger partial charge on any atom is -0.480 e. The number of carbonyl (C=O) groups is 2. The summed E-state index contributed by atoms with van der Waals surface area (Å²) in [4.78, 5) is 26.3. The monoisotopic (exact) mass is 276 g/mol. The summed E-state index contributed by atoms with van der Waals surface area (Å²) in [5.41, 5.74) is -1.31. The SMILES string of the molecule is CC(C)(NC(=O)c1ccc(Cl)nc1Cl)C(=O)O. The number of pyridine rings is 1. The normalized spacial score (nSPS) is 11.1. The van der Waals surface area contributed by atoms with E-state index < -0.39 is 17.4 Å². The average Bonchev–Trinajstić information content (AvgIpc) is 2.15. The number of carbonyl (C=O) groups excluding carboxylic acids is 1. The first-order valence-electron chi connectivity index (χ1n) is 4.62. The number of nitrogens with zero attached hydrogens (tertiary/aromatic N) is 1. The number of aromatic nitrogens is 1. The summed E-state index contributed by atoms with van der Waals surface area (Å²) < 4.78 is 0. The van der Waals surface area contributed by atoms with Gasteiger partial charge >= 0.3 is 5.97 Å². The van der Waals surface area contributed by atoms with Crippen LogP contribution in [0.25, 0.3) is 0 Å². The molecule has 17 heavy (non-hydrogen) atoms. The molecule has 0 aliphatic heterocycles. The number of amides is 1. The maximum Gasteiger partial charge on any atom is 0.328 e. The Morgan fingerprint density at radius 3 is 2.41 bits per heavy atom. The second-order valence-electron chi connectivity index (χ2n) is 3.86. The zero-order valence-corrected chi connectivity index (χ0v) is 10.6. The van der Waals surface area contributed by atoms with Crippen molar-refractivity contribution in [3.63, 3.8) is 0 Å². The topological polar surface area (TPSA) is 79.3 Å². The lowest BCUT2D eigenvalue weighted by Gasteiger charge is -2.21. The fraction of sp³-hybridized carbons (Fsp3) is 0.300. The molecule has 1 amide bonds. The first kappa shape index (κ1) is 13.7. The number of carboxylic acids is 1. The summed E-state index contributed by atoms with van der Waals surface area (Å²) in [5, 5.41) is 11.3. The zero-order valence-electron chi connectivity index (χ0n) is 9.12. The summed E-state index contributed by atoms with van der Waals surface area (Å²) in [5.74, 6) is -1.77. The van der Waals surface area contributed by atoms with Crippen LogP contribution in [0.4, 0.5) is 0 Å². The Labute approximate surface area is 108 Å². The van der Waals surface area contributed by atoms with Crippen molar-refractivity contribution >= 4 is 35.1 Å². The molecule has 0 radical (unpaired) electrons. The minimum atomic E-state index is -1.39. The van der Waals surface area contributed by atoms with Gasteiger partial charge in [-0.15, -0.1) is 0 Å². The van der Waals surface area contributed by atoms with Gasteiger partial charge in [0, 0.05) is 0 Å². The van der Waals surface area contributed by atoms with E-state index in [0.29, 0.717) is 0 Å². The van der Waals surface area contributed by atoms with E-state index in [4.69, 9.17) is 28.3 Å². The van der Waals surface area contributed by atoms with Crippen LogP contribution in [0.15, 0.2) is 12.1 Å². The molecule has 0 fully saturated rings. The van der Waals surface area contributed by atoms with E-state index in [1.165, 1.54) is 26.0 Å². The van der Waals surface area contributed by atoms with E-state index in [9.17, 15) is 9.59 Å². The molecule has 2 N–H and O–H groups in total. The lowest BCUT2D eigenvalue weighted by atomic mass is 10.1. The average molecular weight is 277 g/mol. The molecule has 5 nitrogen and oxygen atoms in total. The first-order chi connectivity index (χ1) is 7.74. The van der Waals surface area contributed by atoms with E-state index >= 15 is 0 Å². The second-order valence-corrected chi connectivity index (χ2v) is 4.60. The Balaban J connectivity index is 2.95. The Hall–Kier alpha value is -1.33. The van der Waals surface area contributed by atoms with Gasteiger partial charge in [-0.05, 0) is 26.0 Å². The maximum absolute atomic E-state index is 11.8. The fourth-order valence-electron chi connectivity index (χ4n) is 0.986. The predicted molar refractivity (Wildman–Crippen MR) is 63.4 cm³/mol. The Bertz CT molecular complexity index is 475. The van der Waals surface area contributed by atoms with Crippen LogP contribution in [-0.2, 0) is 4.79 Å². The van der Waals surface area contributed by atoms with Gasteiger partial charge in [0.15, 0.2) is 0 Å². The van der Waals surface area contributed by atoms with Gasteiger partial charge in [0.2, 0.25) is 0 Å². The van der Waals surface area contributed by atoms with Gasteiger partial charge in [0.25, 0.3) is 5.91 Å². The third kappa shape index (κ3) is 3.31. The van der Waals surface area contributed by atoms with Crippen LogP contribution in [0.1, 0.15) is 24.2 Å². The maximum atomic E-state index is 11.8. The standard InChI is InChI=1S/C10H10Cl2N2O3/c1-10(2,9(16)17)14-8(15)5-3-4-6(11)13-7(5)12/h3-4H,1-2H3,(H,14,15)(H,16,17). The Kier molecular flexibility index (Phi) is 3.95. The van der Waals surface area contributed by atoms with Gasteiger partial charge in [-0.2, -0.15) is 0 Å². The van der Waals surface area contributed by atoms with Crippen molar-refractivity contribution in [1.29, 1.82) is 0 Å². The van der Waals surface area contributed by atoms with Gasteiger partial charge in [-0.1, -0.05) is 23.2 Å². The molecule has 0 unspecified atom stereocenters. The molecule has 1 aromatic rings. The smallest absolute Gasteiger partial charge is 0.328 e. The molecular formula is C10H10Cl2N2O3. The molecule has 1 aromatic heterocycles. The highest BCUT2D eigenvalue weighted by Gasteiger charge is 2.30. The van der Waals surface area contributed by atoms with Crippen LogP contribution in [0.2, 0.25) is 10.3 Å². The van der Waals surface area contributed by atoms with Gasteiger partial charge in [-0.3, -0.25) is 4.79 Å². The van der Waals surface area contributed by atoms with E-state index in [0.717, 1.165) is 0 Å².